The van der Waals surface area contributed by atoms with Gasteiger partial charge in [-0.1, -0.05) is 5.16 Å². The van der Waals surface area contributed by atoms with E-state index < -0.39 is 0 Å². The summed E-state index contributed by atoms with van der Waals surface area (Å²) in [6.45, 7) is 2.88. The number of methoxy groups -OCH3 is 1. The van der Waals surface area contributed by atoms with Crippen molar-refractivity contribution in [3.05, 3.63) is 23.4 Å². The van der Waals surface area contributed by atoms with Gasteiger partial charge in [0.15, 0.2) is 5.82 Å². The Morgan fingerprint density at radius 2 is 2.16 bits per heavy atom. The van der Waals surface area contributed by atoms with E-state index in [2.05, 4.69) is 31.0 Å². The zero-order valence-corrected chi connectivity index (χ0v) is 14.7. The van der Waals surface area contributed by atoms with Crippen molar-refractivity contribution >= 4 is 5.91 Å². The molecule has 2 aromatic rings. The van der Waals surface area contributed by atoms with E-state index in [1.165, 1.54) is 0 Å². The highest BCUT2D eigenvalue weighted by atomic mass is 16.5. The van der Waals surface area contributed by atoms with Gasteiger partial charge in [-0.15, -0.1) is 10.2 Å². The molecule has 1 saturated carbocycles. The van der Waals surface area contributed by atoms with Crippen LogP contribution in [0.1, 0.15) is 49.0 Å². The molecule has 10 nitrogen and oxygen atoms in total. The van der Waals surface area contributed by atoms with E-state index in [1.54, 1.807) is 14.0 Å². The van der Waals surface area contributed by atoms with Gasteiger partial charge in [0.25, 0.3) is 5.89 Å². The fraction of sp³-hybridized carbons (Fsp3) is 0.667. The van der Waals surface area contributed by atoms with Crippen molar-refractivity contribution < 1.29 is 14.1 Å². The van der Waals surface area contributed by atoms with Crippen molar-refractivity contribution in [2.75, 3.05) is 7.11 Å². The van der Waals surface area contributed by atoms with Crippen LogP contribution in [-0.2, 0) is 36.3 Å². The highest BCUT2D eigenvalue weighted by Crippen LogP contribution is 2.35. The summed E-state index contributed by atoms with van der Waals surface area (Å²) in [6, 6.07) is 0.250. The Labute approximate surface area is 145 Å². The van der Waals surface area contributed by atoms with Gasteiger partial charge in [-0.25, -0.2) is 0 Å². The number of aromatic nitrogens is 5. The number of amides is 1. The number of hydrogen-bond donors (Lipinski definition) is 2. The highest BCUT2D eigenvalue weighted by Gasteiger charge is 2.34. The summed E-state index contributed by atoms with van der Waals surface area (Å²) in [6.07, 6.45) is 1.81. The van der Waals surface area contributed by atoms with Crippen molar-refractivity contribution in [3.63, 3.8) is 0 Å². The summed E-state index contributed by atoms with van der Waals surface area (Å²) in [7, 11) is 3.54. The predicted molar refractivity (Wildman–Crippen MR) is 86.1 cm³/mol. The molecule has 25 heavy (non-hydrogen) atoms. The summed E-state index contributed by atoms with van der Waals surface area (Å²) in [5.74, 6) is 3.20. The first-order chi connectivity index (χ1) is 12.1. The molecule has 2 N–H and O–H groups in total. The van der Waals surface area contributed by atoms with Crippen LogP contribution in [0.4, 0.5) is 0 Å². The molecule has 0 unspecified atom stereocenters. The molecule has 2 aromatic heterocycles. The fourth-order valence-corrected chi connectivity index (χ4v) is 2.95. The molecule has 1 amide bonds. The lowest BCUT2D eigenvalue weighted by atomic mass is 9.79. The lowest BCUT2D eigenvalue weighted by Crippen LogP contribution is -2.43. The van der Waals surface area contributed by atoms with Crippen molar-refractivity contribution in [2.45, 2.75) is 51.4 Å². The number of carbonyl (C=O) groups excluding carboxylic acids is 1. The van der Waals surface area contributed by atoms with Gasteiger partial charge in [0, 0.05) is 33.0 Å². The molecule has 3 rings (SSSR count). The molecular formula is C15H23N7O3. The van der Waals surface area contributed by atoms with Crippen LogP contribution in [-0.4, -0.2) is 44.0 Å². The monoisotopic (exact) mass is 349 g/mol. The molecule has 2 heterocycles. The van der Waals surface area contributed by atoms with Gasteiger partial charge >= 0.3 is 0 Å². The number of nitrogens with one attached hydrogen (secondary N) is 2. The van der Waals surface area contributed by atoms with Crippen molar-refractivity contribution in [2.24, 2.45) is 7.05 Å². The summed E-state index contributed by atoms with van der Waals surface area (Å²) < 4.78 is 12.0. The maximum atomic E-state index is 11.1. The van der Waals surface area contributed by atoms with Crippen LogP contribution in [0.15, 0.2) is 4.52 Å². The topological polar surface area (TPSA) is 120 Å². The van der Waals surface area contributed by atoms with E-state index in [0.29, 0.717) is 37.3 Å². The van der Waals surface area contributed by atoms with Crippen molar-refractivity contribution in [1.29, 1.82) is 0 Å². The first-order valence-corrected chi connectivity index (χ1v) is 8.23. The molecule has 136 valence electrons. The van der Waals surface area contributed by atoms with E-state index in [1.807, 2.05) is 11.6 Å². The smallest absolute Gasteiger partial charge is 0.252 e. The Morgan fingerprint density at radius 3 is 2.88 bits per heavy atom. The molecule has 0 spiro atoms. The molecular weight excluding hydrogens is 326 g/mol. The van der Waals surface area contributed by atoms with E-state index in [9.17, 15) is 4.79 Å². The minimum atomic E-state index is 0.0152. The molecule has 0 aromatic carbocycles. The lowest BCUT2D eigenvalue weighted by Gasteiger charge is -2.34. The molecule has 0 saturated heterocycles. The summed E-state index contributed by atoms with van der Waals surface area (Å²) in [5.41, 5.74) is 0. The third-order valence-corrected chi connectivity index (χ3v) is 4.25. The number of carbonyl (C=O) groups is 1. The SMILES string of the molecule is COCc1nc(CNCc2nnc(C3CC(NC(C)=O)C3)n2C)no1. The first-order valence-electron chi connectivity index (χ1n) is 8.23. The van der Waals surface area contributed by atoms with Gasteiger partial charge in [-0.3, -0.25) is 4.79 Å². The van der Waals surface area contributed by atoms with Crippen LogP contribution >= 0.6 is 0 Å². The van der Waals surface area contributed by atoms with Crippen molar-refractivity contribution in [1.82, 2.24) is 35.5 Å². The molecule has 0 bridgehead atoms. The molecule has 0 radical (unpaired) electrons. The van der Waals surface area contributed by atoms with Gasteiger partial charge in [0.2, 0.25) is 5.91 Å². The number of hydrogen-bond acceptors (Lipinski definition) is 8. The Kier molecular flexibility index (Phi) is 5.39. The summed E-state index contributed by atoms with van der Waals surface area (Å²) in [5, 5.41) is 18.6. The Morgan fingerprint density at radius 1 is 1.36 bits per heavy atom. The van der Waals surface area contributed by atoms with Crippen LogP contribution in [0.3, 0.4) is 0 Å². The van der Waals surface area contributed by atoms with E-state index >= 15 is 0 Å². The van der Waals surface area contributed by atoms with E-state index in [0.717, 1.165) is 24.5 Å². The number of ether oxygens (including phenoxy) is 1. The normalized spacial score (nSPS) is 19.6. The molecule has 10 heteroatoms. The Bertz CT molecular complexity index is 721. The lowest BCUT2D eigenvalue weighted by molar-refractivity contribution is -0.120. The molecule has 0 aliphatic heterocycles. The van der Waals surface area contributed by atoms with Gasteiger partial charge in [0.05, 0.1) is 13.1 Å². The maximum Gasteiger partial charge on any atom is 0.252 e. The predicted octanol–water partition coefficient (Wildman–Crippen LogP) is 0.0164. The minimum Gasteiger partial charge on any atom is -0.375 e. The molecule has 1 fully saturated rings. The largest absolute Gasteiger partial charge is 0.375 e. The fourth-order valence-electron chi connectivity index (χ4n) is 2.95. The highest BCUT2D eigenvalue weighted by molar-refractivity contribution is 5.73. The maximum absolute atomic E-state index is 11.1. The third-order valence-electron chi connectivity index (χ3n) is 4.25. The van der Waals surface area contributed by atoms with Crippen LogP contribution in [0, 0.1) is 0 Å². The average Bonchev–Trinajstić information content (AvgIpc) is 3.11. The summed E-state index contributed by atoms with van der Waals surface area (Å²) in [4.78, 5) is 15.3. The van der Waals surface area contributed by atoms with Crippen LogP contribution in [0.5, 0.6) is 0 Å². The Hall–Kier alpha value is -2.33. The third kappa shape index (κ3) is 4.20. The number of nitrogens with zero attached hydrogens (tertiary/aromatic N) is 5. The second kappa shape index (κ2) is 7.70. The van der Waals surface area contributed by atoms with Gasteiger partial charge < -0.3 is 24.5 Å². The molecule has 1 aliphatic rings. The van der Waals surface area contributed by atoms with Crippen LogP contribution in [0.25, 0.3) is 0 Å². The average molecular weight is 349 g/mol. The van der Waals surface area contributed by atoms with Gasteiger partial charge in [-0.05, 0) is 12.8 Å². The van der Waals surface area contributed by atoms with E-state index in [4.69, 9.17) is 9.26 Å². The van der Waals surface area contributed by atoms with Crippen LogP contribution < -0.4 is 10.6 Å². The standard InChI is InChI=1S/C15H23N7O3/c1-9(23)17-11-4-10(5-11)15-20-19-13(22(15)2)7-16-6-12-18-14(8-24-3)25-21-12/h10-11,16H,4-8H2,1-3H3,(H,17,23). The van der Waals surface area contributed by atoms with Crippen LogP contribution in [0.2, 0.25) is 0 Å². The van der Waals surface area contributed by atoms with Gasteiger partial charge in [-0.2, -0.15) is 4.98 Å². The van der Waals surface area contributed by atoms with Gasteiger partial charge in [0.1, 0.15) is 18.3 Å². The molecule has 0 atom stereocenters. The zero-order valence-electron chi connectivity index (χ0n) is 14.7. The zero-order chi connectivity index (χ0) is 17.8. The Balaban J connectivity index is 1.47. The molecule has 1 aliphatic carbocycles. The number of rotatable bonds is 8. The second-order valence-electron chi connectivity index (χ2n) is 6.24. The van der Waals surface area contributed by atoms with Crippen molar-refractivity contribution in [3.8, 4) is 0 Å². The van der Waals surface area contributed by atoms with E-state index in [-0.39, 0.29) is 11.9 Å². The summed E-state index contributed by atoms with van der Waals surface area (Å²) >= 11 is 0. The second-order valence-corrected chi connectivity index (χ2v) is 6.24. The quantitative estimate of drug-likeness (QED) is 0.684. The first kappa shape index (κ1) is 17.5. The minimum absolute atomic E-state index is 0.0152.